The molecule has 2 N–H and O–H groups in total. The van der Waals surface area contributed by atoms with Gasteiger partial charge in [0.15, 0.2) is 17.3 Å². The van der Waals surface area contributed by atoms with E-state index in [0.717, 1.165) is 24.5 Å². The Morgan fingerprint density at radius 3 is 2.41 bits per heavy atom. The third kappa shape index (κ3) is 5.06. The van der Waals surface area contributed by atoms with Crippen molar-refractivity contribution in [3.63, 3.8) is 0 Å². The molecule has 3 aromatic rings. The van der Waals surface area contributed by atoms with Crippen molar-refractivity contribution in [1.29, 1.82) is 0 Å². The number of aromatic nitrogens is 2. The average Bonchev–Trinajstić information content (AvgIpc) is 2.85. The number of benzene rings is 2. The largest absolute Gasteiger partial charge is 0.493 e. The van der Waals surface area contributed by atoms with Crippen LogP contribution in [-0.2, 0) is 4.74 Å². The second kappa shape index (κ2) is 9.97. The zero-order valence-electron chi connectivity index (χ0n) is 18.0. The minimum absolute atomic E-state index is 0.240. The van der Waals surface area contributed by atoms with Crippen molar-refractivity contribution < 1.29 is 19.0 Å². The molecule has 0 aliphatic carbocycles. The van der Waals surface area contributed by atoms with E-state index in [1.165, 1.54) is 7.11 Å². The Morgan fingerprint density at radius 1 is 0.969 bits per heavy atom. The van der Waals surface area contributed by atoms with Gasteiger partial charge in [-0.3, -0.25) is 4.79 Å². The average molecular weight is 435 g/mol. The van der Waals surface area contributed by atoms with Crippen LogP contribution in [-0.4, -0.2) is 56.6 Å². The first-order valence-electron chi connectivity index (χ1n) is 10.2. The van der Waals surface area contributed by atoms with Crippen molar-refractivity contribution in [2.75, 3.05) is 56.1 Å². The summed E-state index contributed by atoms with van der Waals surface area (Å²) in [6.45, 7) is 3.09. The van der Waals surface area contributed by atoms with Crippen LogP contribution < -0.4 is 25.0 Å². The Kier molecular flexibility index (Phi) is 6.66. The third-order valence-electron chi connectivity index (χ3n) is 5.08. The molecule has 0 spiro atoms. The monoisotopic (exact) mass is 435 g/mol. The molecule has 1 aliphatic rings. The normalized spacial score (nSPS) is 13.4. The standard InChI is InChI=1S/C23H25N5O4/c1-30-20-8-3-16(13-21(20)31-2)23(29)26-18-6-4-17(5-7-18)25-22-14-19(15-24-27-22)28-9-11-32-12-10-28/h3-8,13-15H,9-12H2,1-2H3,(H,25,27)(H,26,29). The Labute approximate surface area is 186 Å². The molecule has 0 unspecified atom stereocenters. The van der Waals surface area contributed by atoms with Gasteiger partial charge in [-0.15, -0.1) is 5.10 Å². The molecule has 1 aromatic heterocycles. The number of ether oxygens (including phenoxy) is 3. The third-order valence-corrected chi connectivity index (χ3v) is 5.08. The summed E-state index contributed by atoms with van der Waals surface area (Å²) in [7, 11) is 3.09. The van der Waals surface area contributed by atoms with Gasteiger partial charge in [-0.25, -0.2) is 0 Å². The summed E-state index contributed by atoms with van der Waals surface area (Å²) in [5, 5.41) is 14.4. The number of anilines is 4. The Hall–Kier alpha value is -3.85. The molecule has 1 fully saturated rings. The lowest BCUT2D eigenvalue weighted by atomic mass is 10.1. The van der Waals surface area contributed by atoms with E-state index in [1.807, 2.05) is 30.3 Å². The van der Waals surface area contributed by atoms with Crippen LogP contribution in [0, 0.1) is 0 Å². The molecule has 0 saturated carbocycles. The van der Waals surface area contributed by atoms with Gasteiger partial charge in [0.2, 0.25) is 0 Å². The van der Waals surface area contributed by atoms with Crippen molar-refractivity contribution >= 4 is 28.8 Å². The number of carbonyl (C=O) groups excluding carboxylic acids is 1. The maximum atomic E-state index is 12.6. The predicted octanol–water partition coefficient (Wildman–Crippen LogP) is 3.33. The van der Waals surface area contributed by atoms with E-state index in [9.17, 15) is 4.79 Å². The van der Waals surface area contributed by atoms with Crippen LogP contribution in [0.15, 0.2) is 54.7 Å². The Bertz CT molecular complexity index is 1070. The van der Waals surface area contributed by atoms with Crippen molar-refractivity contribution in [3.8, 4) is 11.5 Å². The fourth-order valence-electron chi connectivity index (χ4n) is 3.38. The van der Waals surface area contributed by atoms with Gasteiger partial charge in [0.1, 0.15) is 0 Å². The van der Waals surface area contributed by atoms with Crippen LogP contribution in [0.1, 0.15) is 10.4 Å². The summed E-state index contributed by atoms with van der Waals surface area (Å²) in [6, 6.07) is 14.4. The van der Waals surface area contributed by atoms with Crippen molar-refractivity contribution in [2.24, 2.45) is 0 Å². The molecule has 2 heterocycles. The zero-order valence-corrected chi connectivity index (χ0v) is 18.0. The van der Waals surface area contributed by atoms with Gasteiger partial charge < -0.3 is 29.7 Å². The summed E-state index contributed by atoms with van der Waals surface area (Å²) < 4.78 is 15.9. The highest BCUT2D eigenvalue weighted by molar-refractivity contribution is 6.04. The van der Waals surface area contributed by atoms with Crippen LogP contribution in [0.2, 0.25) is 0 Å². The van der Waals surface area contributed by atoms with Gasteiger partial charge in [-0.2, -0.15) is 5.10 Å². The second-order valence-electron chi connectivity index (χ2n) is 7.12. The topological polar surface area (TPSA) is 97.8 Å². The van der Waals surface area contributed by atoms with Crippen LogP contribution in [0.25, 0.3) is 0 Å². The number of amides is 1. The van der Waals surface area contributed by atoms with E-state index >= 15 is 0 Å². The van der Waals surface area contributed by atoms with E-state index in [2.05, 4.69) is 25.7 Å². The minimum atomic E-state index is -0.240. The van der Waals surface area contributed by atoms with Gasteiger partial charge in [0.25, 0.3) is 5.91 Å². The first-order valence-corrected chi connectivity index (χ1v) is 10.2. The summed E-state index contributed by atoms with van der Waals surface area (Å²) in [5.74, 6) is 1.48. The molecule has 9 heteroatoms. The number of hydrogen-bond donors (Lipinski definition) is 2. The molecule has 32 heavy (non-hydrogen) atoms. The lowest BCUT2D eigenvalue weighted by molar-refractivity contribution is 0.102. The van der Waals surface area contributed by atoms with Crippen LogP contribution in [0.4, 0.5) is 22.9 Å². The van der Waals surface area contributed by atoms with E-state index < -0.39 is 0 Å². The van der Waals surface area contributed by atoms with E-state index in [0.29, 0.717) is 41.8 Å². The number of morpholine rings is 1. The van der Waals surface area contributed by atoms with Crippen LogP contribution in [0.3, 0.4) is 0 Å². The molecule has 0 bridgehead atoms. The number of methoxy groups -OCH3 is 2. The Balaban J connectivity index is 1.40. The van der Waals surface area contributed by atoms with E-state index in [1.54, 1.807) is 31.5 Å². The molecule has 0 radical (unpaired) electrons. The molecular formula is C23H25N5O4. The Morgan fingerprint density at radius 2 is 1.69 bits per heavy atom. The van der Waals surface area contributed by atoms with Crippen LogP contribution in [0.5, 0.6) is 11.5 Å². The number of hydrogen-bond acceptors (Lipinski definition) is 8. The molecule has 2 aromatic carbocycles. The summed E-state index contributed by atoms with van der Waals surface area (Å²) >= 11 is 0. The quantitative estimate of drug-likeness (QED) is 0.583. The lowest BCUT2D eigenvalue weighted by Crippen LogP contribution is -2.36. The van der Waals surface area contributed by atoms with Gasteiger partial charge in [0, 0.05) is 36.1 Å². The second-order valence-corrected chi connectivity index (χ2v) is 7.12. The maximum absolute atomic E-state index is 12.6. The van der Waals surface area contributed by atoms with Crippen molar-refractivity contribution in [2.45, 2.75) is 0 Å². The van der Waals surface area contributed by atoms with Gasteiger partial charge in [-0.05, 0) is 42.5 Å². The fourth-order valence-corrected chi connectivity index (χ4v) is 3.38. The fraction of sp³-hybridized carbons (Fsp3) is 0.261. The highest BCUT2D eigenvalue weighted by atomic mass is 16.5. The van der Waals surface area contributed by atoms with Crippen molar-refractivity contribution in [1.82, 2.24) is 10.2 Å². The maximum Gasteiger partial charge on any atom is 0.255 e. The minimum Gasteiger partial charge on any atom is -0.493 e. The highest BCUT2D eigenvalue weighted by Crippen LogP contribution is 2.28. The number of rotatable bonds is 7. The van der Waals surface area contributed by atoms with Crippen molar-refractivity contribution in [3.05, 3.63) is 60.3 Å². The van der Waals surface area contributed by atoms with Gasteiger partial charge >= 0.3 is 0 Å². The first-order chi connectivity index (χ1) is 15.7. The number of nitrogens with one attached hydrogen (secondary N) is 2. The predicted molar refractivity (Wildman–Crippen MR) is 122 cm³/mol. The SMILES string of the molecule is COc1ccc(C(=O)Nc2ccc(Nc3cc(N4CCOCC4)cnn3)cc2)cc1OC. The zero-order chi connectivity index (χ0) is 22.3. The van der Waals surface area contributed by atoms with Gasteiger partial charge in [-0.1, -0.05) is 0 Å². The molecule has 9 nitrogen and oxygen atoms in total. The molecule has 1 amide bonds. The van der Waals surface area contributed by atoms with Gasteiger partial charge in [0.05, 0.1) is 39.3 Å². The first kappa shape index (κ1) is 21.4. The lowest BCUT2D eigenvalue weighted by Gasteiger charge is -2.28. The molecule has 1 aliphatic heterocycles. The molecule has 4 rings (SSSR count). The molecule has 166 valence electrons. The number of carbonyl (C=O) groups is 1. The summed E-state index contributed by atoms with van der Waals surface area (Å²) in [6.07, 6.45) is 1.75. The molecule has 0 atom stereocenters. The van der Waals surface area contributed by atoms with Crippen LogP contribution >= 0.6 is 0 Å². The van der Waals surface area contributed by atoms with E-state index in [-0.39, 0.29) is 5.91 Å². The van der Waals surface area contributed by atoms with E-state index in [4.69, 9.17) is 14.2 Å². The summed E-state index contributed by atoms with van der Waals surface area (Å²) in [5.41, 5.74) is 2.98. The summed E-state index contributed by atoms with van der Waals surface area (Å²) in [4.78, 5) is 14.8. The molecular weight excluding hydrogens is 410 g/mol. The highest BCUT2D eigenvalue weighted by Gasteiger charge is 2.13. The molecule has 1 saturated heterocycles. The number of nitrogens with zero attached hydrogens (tertiary/aromatic N) is 3. The smallest absolute Gasteiger partial charge is 0.255 e.